The van der Waals surface area contributed by atoms with E-state index in [1.807, 2.05) is 36.4 Å². The summed E-state index contributed by atoms with van der Waals surface area (Å²) in [6, 6.07) is 11.6. The highest BCUT2D eigenvalue weighted by atomic mass is 16.2. The first-order chi connectivity index (χ1) is 17.0. The number of hydrogen-bond acceptors (Lipinski definition) is 6. The van der Waals surface area contributed by atoms with Gasteiger partial charge in [0.05, 0.1) is 5.41 Å². The number of tetrazole rings is 1. The SMILES string of the molecule is CNC(=O)c1ccc2c(c1)CCc1cc(C(=O)NC)ccc1C2(C[C@H](N)C1CCC1)c1nn[nH]n1. The van der Waals surface area contributed by atoms with E-state index in [1.165, 1.54) is 6.42 Å². The quantitative estimate of drug-likeness (QED) is 0.431. The number of carbonyl (C=O) groups excluding carboxylic acids is 2. The molecule has 3 aromatic rings. The highest BCUT2D eigenvalue weighted by molar-refractivity contribution is 5.95. The largest absolute Gasteiger partial charge is 0.355 e. The van der Waals surface area contributed by atoms with Gasteiger partial charge in [-0.25, -0.2) is 0 Å². The van der Waals surface area contributed by atoms with E-state index in [-0.39, 0.29) is 17.9 Å². The number of hydrogen-bond donors (Lipinski definition) is 4. The number of carbonyl (C=O) groups is 2. The highest BCUT2D eigenvalue weighted by Gasteiger charge is 2.47. The molecule has 1 saturated carbocycles. The Bertz CT molecular complexity index is 1180. The highest BCUT2D eigenvalue weighted by Crippen LogP contribution is 2.48. The number of rotatable bonds is 6. The van der Waals surface area contributed by atoms with Crippen LogP contribution in [0.3, 0.4) is 0 Å². The molecule has 2 aliphatic rings. The van der Waals surface area contributed by atoms with Crippen molar-refractivity contribution >= 4 is 11.8 Å². The molecule has 1 atom stereocenters. The van der Waals surface area contributed by atoms with Gasteiger partial charge >= 0.3 is 0 Å². The molecule has 0 unspecified atom stereocenters. The minimum atomic E-state index is -0.758. The molecule has 1 heterocycles. The van der Waals surface area contributed by atoms with Crippen LogP contribution in [-0.2, 0) is 18.3 Å². The minimum Gasteiger partial charge on any atom is -0.355 e. The molecule has 0 bridgehead atoms. The Balaban J connectivity index is 1.76. The van der Waals surface area contributed by atoms with Crippen molar-refractivity contribution in [1.29, 1.82) is 0 Å². The van der Waals surface area contributed by atoms with E-state index in [0.29, 0.717) is 42.1 Å². The number of nitrogens with one attached hydrogen (secondary N) is 3. The maximum Gasteiger partial charge on any atom is 0.251 e. The Morgan fingerprint density at radius 3 is 2.03 bits per heavy atom. The van der Waals surface area contributed by atoms with Crippen LogP contribution in [-0.4, -0.2) is 52.6 Å². The second-order valence-electron chi connectivity index (χ2n) is 9.60. The zero-order valence-electron chi connectivity index (χ0n) is 20.1. The van der Waals surface area contributed by atoms with E-state index in [4.69, 9.17) is 5.73 Å². The smallest absolute Gasteiger partial charge is 0.251 e. The molecule has 9 heteroatoms. The third-order valence-corrected chi connectivity index (χ3v) is 7.80. The zero-order chi connectivity index (χ0) is 24.6. The lowest BCUT2D eigenvalue weighted by Gasteiger charge is -2.40. The monoisotopic (exact) mass is 473 g/mol. The van der Waals surface area contributed by atoms with Crippen LogP contribution in [0.4, 0.5) is 0 Å². The second kappa shape index (κ2) is 9.22. The first-order valence-electron chi connectivity index (χ1n) is 12.2. The van der Waals surface area contributed by atoms with Crippen molar-refractivity contribution in [2.45, 2.75) is 50.0 Å². The fourth-order valence-corrected chi connectivity index (χ4v) is 5.70. The molecule has 1 fully saturated rings. The number of amides is 2. The predicted octanol–water partition coefficient (Wildman–Crippen LogP) is 1.87. The summed E-state index contributed by atoms with van der Waals surface area (Å²) in [6.45, 7) is 0. The molecule has 0 saturated heterocycles. The van der Waals surface area contributed by atoms with Crippen molar-refractivity contribution in [1.82, 2.24) is 31.3 Å². The number of nitrogens with two attached hydrogens (primary N) is 1. The minimum absolute atomic E-state index is 0.0571. The van der Waals surface area contributed by atoms with Gasteiger partial charge in [0, 0.05) is 31.3 Å². The van der Waals surface area contributed by atoms with E-state index in [2.05, 4.69) is 31.3 Å². The third kappa shape index (κ3) is 3.89. The number of nitrogens with zero attached hydrogens (tertiary/aromatic N) is 3. The van der Waals surface area contributed by atoms with Gasteiger partial charge < -0.3 is 16.4 Å². The molecule has 0 aliphatic heterocycles. The molecular formula is C26H31N7O2. The van der Waals surface area contributed by atoms with Crippen LogP contribution >= 0.6 is 0 Å². The summed E-state index contributed by atoms with van der Waals surface area (Å²) in [7, 11) is 3.26. The molecule has 35 heavy (non-hydrogen) atoms. The predicted molar refractivity (Wildman–Crippen MR) is 131 cm³/mol. The van der Waals surface area contributed by atoms with Gasteiger partial charge in [-0.2, -0.15) is 5.21 Å². The van der Waals surface area contributed by atoms with E-state index in [0.717, 1.165) is 35.1 Å². The van der Waals surface area contributed by atoms with E-state index < -0.39 is 5.41 Å². The van der Waals surface area contributed by atoms with Gasteiger partial charge in [0.25, 0.3) is 11.8 Å². The van der Waals surface area contributed by atoms with Gasteiger partial charge in [-0.05, 0) is 84.5 Å². The maximum atomic E-state index is 12.4. The molecule has 5 N–H and O–H groups in total. The number of aromatic amines is 1. The number of fused-ring (bicyclic) bond motifs is 2. The summed E-state index contributed by atoms with van der Waals surface area (Å²) in [5.41, 5.74) is 11.5. The normalized spacial score (nSPS) is 17.3. The number of H-pyrrole nitrogens is 1. The molecule has 0 radical (unpaired) electrons. The zero-order valence-corrected chi connectivity index (χ0v) is 20.1. The van der Waals surface area contributed by atoms with Gasteiger partial charge in [0.1, 0.15) is 0 Å². The lowest BCUT2D eigenvalue weighted by atomic mass is 9.64. The fraction of sp³-hybridized carbons (Fsp3) is 0.423. The molecule has 182 valence electrons. The van der Waals surface area contributed by atoms with Gasteiger partial charge in [0.2, 0.25) is 0 Å². The van der Waals surface area contributed by atoms with Crippen LogP contribution in [0.5, 0.6) is 0 Å². The van der Waals surface area contributed by atoms with Crippen LogP contribution in [0.1, 0.15) is 74.5 Å². The molecule has 2 aromatic carbocycles. The Morgan fingerprint density at radius 2 is 1.60 bits per heavy atom. The van der Waals surface area contributed by atoms with Crippen LogP contribution in [0.25, 0.3) is 0 Å². The Kier molecular flexibility index (Phi) is 6.10. The van der Waals surface area contributed by atoms with Gasteiger partial charge in [-0.3, -0.25) is 9.59 Å². The number of aryl methyl sites for hydroxylation is 2. The first-order valence-corrected chi connectivity index (χ1v) is 12.2. The van der Waals surface area contributed by atoms with Crippen molar-refractivity contribution in [3.63, 3.8) is 0 Å². The van der Waals surface area contributed by atoms with Gasteiger partial charge in [-0.15, -0.1) is 10.2 Å². The van der Waals surface area contributed by atoms with E-state index >= 15 is 0 Å². The molecule has 2 amide bonds. The average Bonchev–Trinajstić information content (AvgIpc) is 3.35. The van der Waals surface area contributed by atoms with Crippen LogP contribution in [0, 0.1) is 5.92 Å². The molecule has 5 rings (SSSR count). The van der Waals surface area contributed by atoms with Crippen molar-refractivity contribution in [3.8, 4) is 0 Å². The second-order valence-corrected chi connectivity index (χ2v) is 9.60. The summed E-state index contributed by atoms with van der Waals surface area (Å²) >= 11 is 0. The number of aromatic nitrogens is 4. The third-order valence-electron chi connectivity index (χ3n) is 7.80. The first kappa shape index (κ1) is 23.2. The molecular weight excluding hydrogens is 442 g/mol. The summed E-state index contributed by atoms with van der Waals surface area (Å²) in [5.74, 6) is 0.738. The fourth-order valence-electron chi connectivity index (χ4n) is 5.70. The average molecular weight is 474 g/mol. The summed E-state index contributed by atoms with van der Waals surface area (Å²) in [5, 5.41) is 21.0. The topological polar surface area (TPSA) is 139 Å². The Labute approximate surface area is 204 Å². The standard InChI is InChI=1S/C26H31N7O2/c1-28-23(34)18-8-10-20-16(12-18)6-7-17-13-19(24(35)29-2)9-11-21(17)26(20,25-30-32-33-31-25)14-22(27)15-4-3-5-15/h8-13,15,22H,3-7,14,27H2,1-2H3,(H,28,34)(H,29,35)(H,30,31,32,33)/t22-/m0/s1. The van der Waals surface area contributed by atoms with Crippen molar-refractivity contribution in [2.24, 2.45) is 11.7 Å². The van der Waals surface area contributed by atoms with E-state index in [9.17, 15) is 9.59 Å². The van der Waals surface area contributed by atoms with Crippen LogP contribution in [0.15, 0.2) is 36.4 Å². The number of benzene rings is 2. The molecule has 1 aromatic heterocycles. The lowest BCUT2D eigenvalue weighted by molar-refractivity contribution is 0.0955. The van der Waals surface area contributed by atoms with Gasteiger partial charge in [0.15, 0.2) is 5.82 Å². The molecule has 2 aliphatic carbocycles. The Morgan fingerprint density at radius 1 is 1.03 bits per heavy atom. The Hall–Kier alpha value is -3.59. The van der Waals surface area contributed by atoms with Crippen molar-refractivity contribution in [2.75, 3.05) is 14.1 Å². The summed E-state index contributed by atoms with van der Waals surface area (Å²) < 4.78 is 0. The van der Waals surface area contributed by atoms with Crippen molar-refractivity contribution < 1.29 is 9.59 Å². The van der Waals surface area contributed by atoms with E-state index in [1.54, 1.807) is 14.1 Å². The van der Waals surface area contributed by atoms with Crippen LogP contribution in [0.2, 0.25) is 0 Å². The van der Waals surface area contributed by atoms with Crippen LogP contribution < -0.4 is 16.4 Å². The molecule has 0 spiro atoms. The summed E-state index contributed by atoms with van der Waals surface area (Å²) in [6.07, 6.45) is 5.47. The summed E-state index contributed by atoms with van der Waals surface area (Å²) in [4.78, 5) is 24.9. The maximum absolute atomic E-state index is 12.4. The lowest BCUT2D eigenvalue weighted by Crippen LogP contribution is -2.44. The van der Waals surface area contributed by atoms with Crippen molar-refractivity contribution in [3.05, 3.63) is 75.6 Å². The molecule has 9 nitrogen and oxygen atoms in total. The van der Waals surface area contributed by atoms with Gasteiger partial charge in [-0.1, -0.05) is 23.8 Å².